The van der Waals surface area contributed by atoms with E-state index in [-0.39, 0.29) is 6.61 Å². The molecule has 2 N–H and O–H groups in total. The molecule has 0 bridgehead atoms. The van der Waals surface area contributed by atoms with E-state index in [0.29, 0.717) is 6.54 Å². The van der Waals surface area contributed by atoms with Crippen LogP contribution in [-0.4, -0.2) is 5.11 Å². The van der Waals surface area contributed by atoms with Crippen LogP contribution in [0, 0.1) is 0 Å². The van der Waals surface area contributed by atoms with E-state index in [0.717, 1.165) is 21.3 Å². The Morgan fingerprint density at radius 2 is 2.19 bits per heavy atom. The molecule has 1 heterocycles. The van der Waals surface area contributed by atoms with Crippen molar-refractivity contribution in [2.24, 2.45) is 0 Å². The summed E-state index contributed by atoms with van der Waals surface area (Å²) in [6, 6.07) is 7.69. The largest absolute Gasteiger partial charge is 0.472 e. The molecular formula is C12H12BrNO2. The highest BCUT2D eigenvalue weighted by molar-refractivity contribution is 9.10. The van der Waals surface area contributed by atoms with Crippen LogP contribution in [-0.2, 0) is 13.2 Å². The SMILES string of the molecule is OCc1c(Br)cccc1NCc1ccoc1. The fraction of sp³-hybridized carbons (Fsp3) is 0.167. The van der Waals surface area contributed by atoms with Crippen molar-refractivity contribution in [2.45, 2.75) is 13.2 Å². The van der Waals surface area contributed by atoms with Crippen LogP contribution in [0.15, 0.2) is 45.7 Å². The van der Waals surface area contributed by atoms with Crippen LogP contribution in [0.25, 0.3) is 0 Å². The number of nitrogens with one attached hydrogen (secondary N) is 1. The Hall–Kier alpha value is -1.26. The number of aliphatic hydroxyl groups excluding tert-OH is 1. The first-order chi connectivity index (χ1) is 7.81. The summed E-state index contributed by atoms with van der Waals surface area (Å²) in [6.45, 7) is 0.690. The summed E-state index contributed by atoms with van der Waals surface area (Å²) in [7, 11) is 0. The third-order valence-electron chi connectivity index (χ3n) is 2.34. The molecule has 0 unspecified atom stereocenters. The van der Waals surface area contributed by atoms with Gasteiger partial charge in [-0.2, -0.15) is 0 Å². The van der Waals surface area contributed by atoms with Gasteiger partial charge in [0, 0.05) is 27.8 Å². The van der Waals surface area contributed by atoms with Crippen molar-refractivity contribution in [1.29, 1.82) is 0 Å². The number of furan rings is 1. The second kappa shape index (κ2) is 5.18. The van der Waals surface area contributed by atoms with Crippen LogP contribution >= 0.6 is 15.9 Å². The molecule has 1 aromatic heterocycles. The minimum Gasteiger partial charge on any atom is -0.472 e. The highest BCUT2D eigenvalue weighted by Gasteiger charge is 2.05. The third-order valence-corrected chi connectivity index (χ3v) is 3.08. The van der Waals surface area contributed by atoms with Gasteiger partial charge in [-0.25, -0.2) is 0 Å². The fourth-order valence-corrected chi connectivity index (χ4v) is 1.97. The van der Waals surface area contributed by atoms with Crippen molar-refractivity contribution in [3.8, 4) is 0 Å². The molecule has 0 atom stereocenters. The number of rotatable bonds is 4. The average Bonchev–Trinajstić information content (AvgIpc) is 2.79. The summed E-state index contributed by atoms with van der Waals surface area (Å²) >= 11 is 3.41. The van der Waals surface area contributed by atoms with Gasteiger partial charge in [0.1, 0.15) is 0 Å². The zero-order valence-corrected chi connectivity index (χ0v) is 10.2. The Balaban J connectivity index is 2.12. The lowest BCUT2D eigenvalue weighted by Gasteiger charge is -2.11. The van der Waals surface area contributed by atoms with Gasteiger partial charge in [0.25, 0.3) is 0 Å². The van der Waals surface area contributed by atoms with E-state index in [4.69, 9.17) is 4.42 Å². The Bertz CT molecular complexity index is 454. The maximum atomic E-state index is 9.27. The van der Waals surface area contributed by atoms with E-state index in [9.17, 15) is 5.11 Å². The number of halogens is 1. The quantitative estimate of drug-likeness (QED) is 0.905. The van der Waals surface area contributed by atoms with Crippen LogP contribution in [0.4, 0.5) is 5.69 Å². The van der Waals surface area contributed by atoms with Crippen LogP contribution in [0.3, 0.4) is 0 Å². The summed E-state index contributed by atoms with van der Waals surface area (Å²) in [6.07, 6.45) is 3.34. The van der Waals surface area contributed by atoms with E-state index in [2.05, 4.69) is 21.2 Å². The van der Waals surface area contributed by atoms with E-state index < -0.39 is 0 Å². The lowest BCUT2D eigenvalue weighted by Crippen LogP contribution is -2.02. The molecule has 1 aromatic carbocycles. The van der Waals surface area contributed by atoms with Crippen molar-refractivity contribution < 1.29 is 9.52 Å². The first-order valence-corrected chi connectivity index (χ1v) is 5.73. The van der Waals surface area contributed by atoms with Gasteiger partial charge in [-0.1, -0.05) is 22.0 Å². The molecule has 0 amide bonds. The monoisotopic (exact) mass is 281 g/mol. The number of aliphatic hydroxyl groups is 1. The van der Waals surface area contributed by atoms with E-state index in [1.54, 1.807) is 12.5 Å². The van der Waals surface area contributed by atoms with E-state index in [1.807, 2.05) is 24.3 Å². The molecule has 0 radical (unpaired) electrons. The number of benzene rings is 1. The first-order valence-electron chi connectivity index (χ1n) is 4.94. The summed E-state index contributed by atoms with van der Waals surface area (Å²) in [5.74, 6) is 0. The lowest BCUT2D eigenvalue weighted by molar-refractivity contribution is 0.281. The highest BCUT2D eigenvalue weighted by atomic mass is 79.9. The normalized spacial score (nSPS) is 10.4. The number of hydrogen-bond donors (Lipinski definition) is 2. The Morgan fingerprint density at radius 1 is 1.31 bits per heavy atom. The third kappa shape index (κ3) is 2.46. The molecule has 0 aliphatic rings. The van der Waals surface area contributed by atoms with E-state index in [1.165, 1.54) is 0 Å². The Labute approximate surface area is 102 Å². The summed E-state index contributed by atoms with van der Waals surface area (Å²) in [5, 5.41) is 12.5. The smallest absolute Gasteiger partial charge is 0.0952 e. The second-order valence-electron chi connectivity index (χ2n) is 3.41. The van der Waals surface area contributed by atoms with Crippen LogP contribution < -0.4 is 5.32 Å². The molecule has 0 spiro atoms. The Kier molecular flexibility index (Phi) is 3.64. The zero-order valence-electron chi connectivity index (χ0n) is 8.61. The van der Waals surface area contributed by atoms with Gasteiger partial charge < -0.3 is 14.8 Å². The van der Waals surface area contributed by atoms with Gasteiger partial charge in [0.2, 0.25) is 0 Å². The molecule has 3 nitrogen and oxygen atoms in total. The molecular weight excluding hydrogens is 270 g/mol. The molecule has 2 rings (SSSR count). The maximum Gasteiger partial charge on any atom is 0.0952 e. The van der Waals surface area contributed by atoms with Crippen molar-refractivity contribution in [3.05, 3.63) is 52.4 Å². The fourth-order valence-electron chi connectivity index (χ4n) is 1.48. The number of anilines is 1. The molecule has 16 heavy (non-hydrogen) atoms. The minimum absolute atomic E-state index is 0.00907. The second-order valence-corrected chi connectivity index (χ2v) is 4.26. The predicted octanol–water partition coefficient (Wildman–Crippen LogP) is 3.15. The number of hydrogen-bond acceptors (Lipinski definition) is 3. The van der Waals surface area contributed by atoms with Crippen LogP contribution in [0.2, 0.25) is 0 Å². The highest BCUT2D eigenvalue weighted by Crippen LogP contribution is 2.25. The van der Waals surface area contributed by atoms with Crippen LogP contribution in [0.1, 0.15) is 11.1 Å². The predicted molar refractivity (Wildman–Crippen MR) is 66.1 cm³/mol. The standard InChI is InChI=1S/C12H12BrNO2/c13-11-2-1-3-12(10(11)7-15)14-6-9-4-5-16-8-9/h1-5,8,14-15H,6-7H2. The molecule has 2 aromatic rings. The minimum atomic E-state index is 0.00907. The van der Waals surface area contributed by atoms with Gasteiger partial charge in [-0.3, -0.25) is 0 Å². The lowest BCUT2D eigenvalue weighted by atomic mass is 10.2. The van der Waals surface area contributed by atoms with Gasteiger partial charge in [-0.05, 0) is 18.2 Å². The van der Waals surface area contributed by atoms with Gasteiger partial charge in [0.05, 0.1) is 19.1 Å². The molecule has 0 aliphatic carbocycles. The van der Waals surface area contributed by atoms with Crippen molar-refractivity contribution in [1.82, 2.24) is 0 Å². The molecule has 4 heteroatoms. The molecule has 84 valence electrons. The van der Waals surface area contributed by atoms with Gasteiger partial charge in [-0.15, -0.1) is 0 Å². The molecule has 0 aliphatic heterocycles. The van der Waals surface area contributed by atoms with Crippen molar-refractivity contribution in [3.63, 3.8) is 0 Å². The Morgan fingerprint density at radius 3 is 2.88 bits per heavy atom. The van der Waals surface area contributed by atoms with E-state index >= 15 is 0 Å². The van der Waals surface area contributed by atoms with Crippen molar-refractivity contribution in [2.75, 3.05) is 5.32 Å². The van der Waals surface area contributed by atoms with Gasteiger partial charge >= 0.3 is 0 Å². The first kappa shape index (κ1) is 11.2. The zero-order chi connectivity index (χ0) is 11.4. The summed E-state index contributed by atoms with van der Waals surface area (Å²) < 4.78 is 5.89. The van der Waals surface area contributed by atoms with Crippen LogP contribution in [0.5, 0.6) is 0 Å². The molecule has 0 saturated heterocycles. The summed E-state index contributed by atoms with van der Waals surface area (Å²) in [5.41, 5.74) is 2.87. The van der Waals surface area contributed by atoms with Crippen molar-refractivity contribution >= 4 is 21.6 Å². The molecule has 0 saturated carbocycles. The maximum absolute atomic E-state index is 9.27. The topological polar surface area (TPSA) is 45.4 Å². The van der Waals surface area contributed by atoms with Gasteiger partial charge in [0.15, 0.2) is 0 Å². The average molecular weight is 282 g/mol. The molecule has 0 fully saturated rings. The summed E-state index contributed by atoms with van der Waals surface area (Å²) in [4.78, 5) is 0.